The van der Waals surface area contributed by atoms with Gasteiger partial charge in [0.1, 0.15) is 0 Å². The summed E-state index contributed by atoms with van der Waals surface area (Å²) in [4.78, 5) is 15.8. The normalized spacial score (nSPS) is 12.6. The lowest BCUT2D eigenvalue weighted by Crippen LogP contribution is -2.46. The standard InChI is InChI=1S/C17H28N4O2/c1-14(9-10-15-7-5-4-6-8-15)21-17(18-2)20-13-16(22)19-11-12-23-3/h4-8,14H,9-13H2,1-3H3,(H,19,22)(H2,18,20,21). The highest BCUT2D eigenvalue weighted by atomic mass is 16.5. The Hall–Kier alpha value is -2.08. The van der Waals surface area contributed by atoms with Crippen molar-refractivity contribution >= 4 is 11.9 Å². The summed E-state index contributed by atoms with van der Waals surface area (Å²) in [5, 5.41) is 9.06. The Kier molecular flexibility index (Phi) is 9.47. The first-order chi connectivity index (χ1) is 11.2. The van der Waals surface area contributed by atoms with Gasteiger partial charge in [-0.15, -0.1) is 0 Å². The number of amides is 1. The lowest BCUT2D eigenvalue weighted by Gasteiger charge is -2.18. The van der Waals surface area contributed by atoms with E-state index in [2.05, 4.69) is 52.1 Å². The summed E-state index contributed by atoms with van der Waals surface area (Å²) in [7, 11) is 3.30. The predicted molar refractivity (Wildman–Crippen MR) is 93.6 cm³/mol. The van der Waals surface area contributed by atoms with E-state index < -0.39 is 0 Å². The molecule has 1 amide bonds. The molecule has 6 nitrogen and oxygen atoms in total. The monoisotopic (exact) mass is 320 g/mol. The number of nitrogens with one attached hydrogen (secondary N) is 3. The van der Waals surface area contributed by atoms with Crippen LogP contribution in [0.25, 0.3) is 0 Å². The molecule has 0 saturated carbocycles. The van der Waals surface area contributed by atoms with Crippen LogP contribution in [0.2, 0.25) is 0 Å². The van der Waals surface area contributed by atoms with Gasteiger partial charge in [-0.25, -0.2) is 0 Å². The maximum Gasteiger partial charge on any atom is 0.239 e. The lowest BCUT2D eigenvalue weighted by molar-refractivity contribution is -0.120. The van der Waals surface area contributed by atoms with Crippen molar-refractivity contribution in [1.29, 1.82) is 0 Å². The Labute approximate surface area is 138 Å². The molecule has 0 saturated heterocycles. The number of benzene rings is 1. The van der Waals surface area contributed by atoms with Crippen LogP contribution in [-0.2, 0) is 16.0 Å². The second-order valence-corrected chi connectivity index (χ2v) is 5.34. The van der Waals surface area contributed by atoms with Gasteiger partial charge in [0, 0.05) is 26.7 Å². The molecule has 0 fully saturated rings. The fourth-order valence-corrected chi connectivity index (χ4v) is 2.05. The molecule has 0 aliphatic heterocycles. The van der Waals surface area contributed by atoms with Crippen molar-refractivity contribution in [3.63, 3.8) is 0 Å². The Bertz CT molecular complexity index is 477. The molecule has 1 unspecified atom stereocenters. The molecule has 0 spiro atoms. The van der Waals surface area contributed by atoms with Gasteiger partial charge in [-0.05, 0) is 25.3 Å². The second kappa shape index (κ2) is 11.5. The van der Waals surface area contributed by atoms with Crippen LogP contribution in [0, 0.1) is 0 Å². The number of carbonyl (C=O) groups is 1. The maximum absolute atomic E-state index is 11.6. The van der Waals surface area contributed by atoms with Crippen LogP contribution in [0.1, 0.15) is 18.9 Å². The van der Waals surface area contributed by atoms with Gasteiger partial charge in [0.15, 0.2) is 5.96 Å². The molecule has 3 N–H and O–H groups in total. The third-order valence-electron chi connectivity index (χ3n) is 3.36. The molecule has 0 aromatic heterocycles. The molecule has 6 heteroatoms. The molecule has 1 aromatic rings. The number of aryl methyl sites for hydroxylation is 1. The van der Waals surface area contributed by atoms with Gasteiger partial charge in [-0.2, -0.15) is 0 Å². The van der Waals surface area contributed by atoms with Crippen molar-refractivity contribution in [2.45, 2.75) is 25.8 Å². The minimum Gasteiger partial charge on any atom is -0.383 e. The van der Waals surface area contributed by atoms with Gasteiger partial charge in [0.2, 0.25) is 5.91 Å². The van der Waals surface area contributed by atoms with Gasteiger partial charge in [-0.3, -0.25) is 9.79 Å². The van der Waals surface area contributed by atoms with Crippen LogP contribution in [0.3, 0.4) is 0 Å². The van der Waals surface area contributed by atoms with E-state index in [0.29, 0.717) is 19.1 Å². The molecular formula is C17H28N4O2. The topological polar surface area (TPSA) is 74.8 Å². The second-order valence-electron chi connectivity index (χ2n) is 5.34. The van der Waals surface area contributed by atoms with E-state index in [4.69, 9.17) is 4.74 Å². The molecular weight excluding hydrogens is 292 g/mol. The van der Waals surface area contributed by atoms with Crippen molar-refractivity contribution in [2.75, 3.05) is 33.9 Å². The highest BCUT2D eigenvalue weighted by Gasteiger charge is 2.07. The molecule has 1 atom stereocenters. The van der Waals surface area contributed by atoms with Crippen molar-refractivity contribution in [2.24, 2.45) is 4.99 Å². The minimum absolute atomic E-state index is 0.0815. The zero-order chi connectivity index (χ0) is 16.9. The summed E-state index contributed by atoms with van der Waals surface area (Å²) in [5.74, 6) is 0.550. The van der Waals surface area contributed by atoms with E-state index in [1.54, 1.807) is 14.2 Å². The van der Waals surface area contributed by atoms with Crippen molar-refractivity contribution in [3.05, 3.63) is 35.9 Å². The molecule has 1 rings (SSSR count). The van der Waals surface area contributed by atoms with Crippen molar-refractivity contribution in [3.8, 4) is 0 Å². The Morgan fingerprint density at radius 1 is 1.26 bits per heavy atom. The summed E-state index contributed by atoms with van der Waals surface area (Å²) in [6, 6.07) is 10.6. The third-order valence-corrected chi connectivity index (χ3v) is 3.36. The first kappa shape index (κ1) is 19.0. The molecule has 1 aromatic carbocycles. The van der Waals surface area contributed by atoms with E-state index in [0.717, 1.165) is 12.8 Å². The Morgan fingerprint density at radius 2 is 2.00 bits per heavy atom. The summed E-state index contributed by atoms with van der Waals surface area (Å²) in [6.07, 6.45) is 1.99. The van der Waals surface area contributed by atoms with E-state index in [-0.39, 0.29) is 18.5 Å². The van der Waals surface area contributed by atoms with Crippen molar-refractivity contribution in [1.82, 2.24) is 16.0 Å². The van der Waals surface area contributed by atoms with Gasteiger partial charge >= 0.3 is 0 Å². The van der Waals surface area contributed by atoms with Gasteiger partial charge in [-0.1, -0.05) is 30.3 Å². The number of rotatable bonds is 9. The highest BCUT2D eigenvalue weighted by Crippen LogP contribution is 2.04. The molecule has 0 bridgehead atoms. The number of carbonyl (C=O) groups excluding carboxylic acids is 1. The van der Waals surface area contributed by atoms with Crippen molar-refractivity contribution < 1.29 is 9.53 Å². The first-order valence-electron chi connectivity index (χ1n) is 7.92. The summed E-state index contributed by atoms with van der Waals surface area (Å²) < 4.78 is 4.88. The largest absolute Gasteiger partial charge is 0.383 e. The van der Waals surface area contributed by atoms with E-state index in [1.165, 1.54) is 5.56 Å². The number of nitrogens with zero attached hydrogens (tertiary/aromatic N) is 1. The van der Waals surface area contributed by atoms with Crippen LogP contribution < -0.4 is 16.0 Å². The highest BCUT2D eigenvalue weighted by molar-refractivity contribution is 5.86. The van der Waals surface area contributed by atoms with Gasteiger partial charge in [0.25, 0.3) is 0 Å². The van der Waals surface area contributed by atoms with Gasteiger partial charge in [0.05, 0.1) is 13.2 Å². The maximum atomic E-state index is 11.6. The predicted octanol–water partition coefficient (Wildman–Crippen LogP) is 0.935. The molecule has 23 heavy (non-hydrogen) atoms. The fraction of sp³-hybridized carbons (Fsp3) is 0.529. The summed E-state index contributed by atoms with van der Waals surface area (Å²) >= 11 is 0. The van der Waals surface area contributed by atoms with Crippen LogP contribution in [0.5, 0.6) is 0 Å². The SMILES string of the molecule is CN=C(NCC(=O)NCCOC)NC(C)CCc1ccccc1. The summed E-state index contributed by atoms with van der Waals surface area (Å²) in [5.41, 5.74) is 1.32. The molecule has 0 radical (unpaired) electrons. The zero-order valence-electron chi connectivity index (χ0n) is 14.3. The number of ether oxygens (including phenoxy) is 1. The molecule has 0 aliphatic rings. The molecule has 0 heterocycles. The lowest BCUT2D eigenvalue weighted by atomic mass is 10.1. The Balaban J connectivity index is 2.25. The zero-order valence-corrected chi connectivity index (χ0v) is 14.3. The number of hydrogen-bond acceptors (Lipinski definition) is 3. The van der Waals surface area contributed by atoms with Crippen LogP contribution in [0.15, 0.2) is 35.3 Å². The smallest absolute Gasteiger partial charge is 0.239 e. The van der Waals surface area contributed by atoms with E-state index in [9.17, 15) is 4.79 Å². The Morgan fingerprint density at radius 3 is 2.65 bits per heavy atom. The number of methoxy groups -OCH3 is 1. The average Bonchev–Trinajstić information content (AvgIpc) is 2.58. The average molecular weight is 320 g/mol. The number of aliphatic imine (C=N–C) groups is 1. The number of hydrogen-bond donors (Lipinski definition) is 3. The van der Waals surface area contributed by atoms with Crippen LogP contribution >= 0.6 is 0 Å². The fourth-order valence-electron chi connectivity index (χ4n) is 2.05. The third kappa shape index (κ3) is 8.83. The van der Waals surface area contributed by atoms with E-state index >= 15 is 0 Å². The first-order valence-corrected chi connectivity index (χ1v) is 7.92. The van der Waals surface area contributed by atoms with Crippen LogP contribution in [-0.4, -0.2) is 51.8 Å². The summed E-state index contributed by atoms with van der Waals surface area (Å²) in [6.45, 7) is 3.31. The number of guanidine groups is 1. The minimum atomic E-state index is -0.0815. The van der Waals surface area contributed by atoms with Crippen LogP contribution in [0.4, 0.5) is 0 Å². The molecule has 128 valence electrons. The quantitative estimate of drug-likeness (QED) is 0.360. The van der Waals surface area contributed by atoms with Gasteiger partial charge < -0.3 is 20.7 Å². The van der Waals surface area contributed by atoms with E-state index in [1.807, 2.05) is 6.07 Å². The molecule has 0 aliphatic carbocycles.